The fourth-order valence-electron chi connectivity index (χ4n) is 8.47. The molecule has 0 aliphatic carbocycles. The summed E-state index contributed by atoms with van der Waals surface area (Å²) in [5.41, 5.74) is 28.3. The molecule has 8 atom stereocenters. The third kappa shape index (κ3) is 20.4. The highest BCUT2D eigenvalue weighted by Crippen LogP contribution is 2.18. The molecule has 0 aromatic heterocycles. The lowest BCUT2D eigenvalue weighted by atomic mass is 10.0. The number of rotatable bonds is 31. The van der Waals surface area contributed by atoms with Crippen LogP contribution in [-0.4, -0.2) is 157 Å². The highest BCUT2D eigenvalue weighted by Gasteiger charge is 2.37. The van der Waals surface area contributed by atoms with Crippen molar-refractivity contribution in [1.29, 1.82) is 0 Å². The highest BCUT2D eigenvalue weighted by atomic mass is 16.2. The summed E-state index contributed by atoms with van der Waals surface area (Å²) in [5.74, 6) is -10.2. The minimum atomic E-state index is -1.76. The van der Waals surface area contributed by atoms with Gasteiger partial charge in [-0.15, -0.1) is 0 Å². The SMILES string of the molecule is NC(=O)CC[C@H](NC(=O)[C@H](Cc1ccccc1)NC(=O)[C@H](Cc1ccccc1)NC(=O)[C@H](CC(N)=O)NC(=O)CNC(=O)[C@@H]1CCCN1)C(=O)N[C@@H](CC(N)=O)C(=O)N[C@@H](CCCN=C(N)N)C(=O)N1CCC[C@H]1C=O. The van der Waals surface area contributed by atoms with Crippen LogP contribution in [0.15, 0.2) is 65.7 Å². The van der Waals surface area contributed by atoms with E-state index in [9.17, 15) is 57.5 Å². The lowest BCUT2D eigenvalue weighted by Crippen LogP contribution is -2.61. The van der Waals surface area contributed by atoms with Crippen molar-refractivity contribution in [2.24, 2.45) is 33.7 Å². The van der Waals surface area contributed by atoms with Gasteiger partial charge in [-0.25, -0.2) is 0 Å². The van der Waals surface area contributed by atoms with Crippen molar-refractivity contribution in [3.63, 3.8) is 0 Å². The Bertz CT molecular complexity index is 2420. The molecule has 412 valence electrons. The van der Waals surface area contributed by atoms with Crippen LogP contribution in [0.5, 0.6) is 0 Å². The number of aldehydes is 1. The number of amides is 11. The monoisotopic (exact) mass is 1060 g/mol. The molecule has 2 aliphatic heterocycles. The first-order valence-corrected chi connectivity index (χ1v) is 24.8. The maximum atomic E-state index is 14.5. The second-order valence-corrected chi connectivity index (χ2v) is 18.3. The van der Waals surface area contributed by atoms with Crippen molar-refractivity contribution < 1.29 is 57.5 Å². The lowest BCUT2D eigenvalue weighted by molar-refractivity contribution is -0.140. The van der Waals surface area contributed by atoms with Gasteiger partial charge in [-0.2, -0.15) is 0 Å². The van der Waals surface area contributed by atoms with Crippen molar-refractivity contribution in [2.45, 2.75) is 125 Å². The third-order valence-electron chi connectivity index (χ3n) is 12.3. The molecule has 2 aromatic carbocycles. The molecule has 2 aliphatic rings. The van der Waals surface area contributed by atoms with E-state index in [0.29, 0.717) is 43.2 Å². The summed E-state index contributed by atoms with van der Waals surface area (Å²) < 4.78 is 0. The Labute approximate surface area is 438 Å². The smallest absolute Gasteiger partial charge is 0.245 e. The van der Waals surface area contributed by atoms with Crippen molar-refractivity contribution in [3.05, 3.63) is 71.8 Å². The molecule has 27 heteroatoms. The van der Waals surface area contributed by atoms with Crippen LogP contribution >= 0.6 is 0 Å². The van der Waals surface area contributed by atoms with Crippen LogP contribution in [0.2, 0.25) is 0 Å². The van der Waals surface area contributed by atoms with Crippen LogP contribution in [0.3, 0.4) is 0 Å². The van der Waals surface area contributed by atoms with Crippen molar-refractivity contribution in [1.82, 2.24) is 47.4 Å². The number of hydrogen-bond donors (Lipinski definition) is 13. The Morgan fingerprint density at radius 3 is 1.61 bits per heavy atom. The largest absolute Gasteiger partial charge is 0.370 e. The maximum absolute atomic E-state index is 14.5. The molecule has 27 nitrogen and oxygen atoms in total. The Hall–Kier alpha value is -8.49. The second-order valence-electron chi connectivity index (χ2n) is 18.3. The van der Waals surface area contributed by atoms with E-state index in [0.717, 1.165) is 6.42 Å². The van der Waals surface area contributed by atoms with Crippen LogP contribution in [0, 0.1) is 0 Å². The quantitative estimate of drug-likeness (QED) is 0.0145. The first kappa shape index (κ1) is 60.1. The summed E-state index contributed by atoms with van der Waals surface area (Å²) in [5, 5.41) is 20.4. The summed E-state index contributed by atoms with van der Waals surface area (Å²) in [6.45, 7) is 0.363. The van der Waals surface area contributed by atoms with Crippen LogP contribution < -0.4 is 71.2 Å². The van der Waals surface area contributed by atoms with Gasteiger partial charge >= 0.3 is 0 Å². The zero-order chi connectivity index (χ0) is 55.7. The predicted octanol–water partition coefficient (Wildman–Crippen LogP) is -5.49. The molecule has 0 bridgehead atoms. The molecule has 2 heterocycles. The summed E-state index contributed by atoms with van der Waals surface area (Å²) in [6.07, 6.45) is 0.139. The molecule has 76 heavy (non-hydrogen) atoms. The molecule has 4 rings (SSSR count). The summed E-state index contributed by atoms with van der Waals surface area (Å²) in [6, 6.07) is 6.05. The first-order chi connectivity index (χ1) is 36.2. The Balaban J connectivity index is 1.60. The predicted molar refractivity (Wildman–Crippen MR) is 273 cm³/mol. The van der Waals surface area contributed by atoms with Gasteiger partial charge in [-0.05, 0) is 62.6 Å². The van der Waals surface area contributed by atoms with Gasteiger partial charge in [0.25, 0.3) is 0 Å². The van der Waals surface area contributed by atoms with Gasteiger partial charge < -0.3 is 80.9 Å². The zero-order valence-corrected chi connectivity index (χ0v) is 42.0. The fraction of sp³-hybridized carbons (Fsp3) is 0.490. The number of nitrogens with one attached hydrogen (secondary N) is 8. The van der Waals surface area contributed by atoms with Crippen molar-refractivity contribution in [2.75, 3.05) is 26.2 Å². The highest BCUT2D eigenvalue weighted by molar-refractivity contribution is 5.99. The van der Waals surface area contributed by atoms with Crippen LogP contribution in [-0.2, 0) is 70.4 Å². The standard InChI is InChI=1S/C49H69N15O12/c50-38(66)18-17-32(43(71)63-37(25-40(52)68)47(75)60-33(16-8-20-56-49(53)54)48(76)64-21-9-14-30(64)27-65)59-44(72)34(22-28-10-3-1-4-11-28)61-45(73)35(23-29-12-5-2-6-13-29)62-46(74)36(24-39(51)67)58-41(69)26-57-42(70)31-15-7-19-55-31/h1-6,10-13,27,30-37,55H,7-9,14-26H2,(H2,50,66)(H2,51,67)(H2,52,68)(H,57,70)(H,58,69)(H,59,72)(H,60,75)(H,61,73)(H,62,74)(H,63,71)(H4,53,54,56)/t30-,31-,32-,33-,34-,35-,36-,37-/m0/s1. The number of carbonyl (C=O) groups is 12. The number of likely N-dealkylation sites (tertiary alicyclic amines) is 1. The summed E-state index contributed by atoms with van der Waals surface area (Å²) >= 11 is 0. The van der Waals surface area contributed by atoms with Gasteiger partial charge in [0.1, 0.15) is 42.5 Å². The topological polar surface area (TPSA) is 447 Å². The molecule has 2 fully saturated rings. The number of guanidine groups is 1. The number of carbonyl (C=O) groups excluding carboxylic acids is 12. The van der Waals surface area contributed by atoms with Crippen LogP contribution in [0.1, 0.15) is 75.3 Å². The van der Waals surface area contributed by atoms with Crippen LogP contribution in [0.25, 0.3) is 0 Å². The minimum absolute atomic E-state index is 0.0354. The van der Waals surface area contributed by atoms with E-state index in [1.54, 1.807) is 60.7 Å². The molecule has 0 unspecified atom stereocenters. The van der Waals surface area contributed by atoms with Crippen molar-refractivity contribution in [3.8, 4) is 0 Å². The number of aliphatic imine (C=N–C) groups is 1. The molecule has 0 spiro atoms. The molecular formula is C49H69N15O12. The average molecular weight is 1060 g/mol. The zero-order valence-electron chi connectivity index (χ0n) is 42.0. The molecular weight excluding hydrogens is 991 g/mol. The van der Waals surface area contributed by atoms with E-state index in [4.69, 9.17) is 28.7 Å². The van der Waals surface area contributed by atoms with E-state index in [2.05, 4.69) is 47.5 Å². The van der Waals surface area contributed by atoms with E-state index in [1.165, 1.54) is 4.90 Å². The molecule has 0 radical (unpaired) electrons. The van der Waals surface area contributed by atoms with Gasteiger partial charge in [0.15, 0.2) is 5.96 Å². The van der Waals surface area contributed by atoms with E-state index in [1.807, 2.05) is 0 Å². The van der Waals surface area contributed by atoms with Gasteiger partial charge in [0.05, 0.1) is 31.5 Å². The molecule has 2 aromatic rings. The van der Waals surface area contributed by atoms with E-state index >= 15 is 0 Å². The molecule has 0 saturated carbocycles. The third-order valence-corrected chi connectivity index (χ3v) is 12.3. The fourth-order valence-corrected chi connectivity index (χ4v) is 8.47. The average Bonchev–Trinajstić information content (AvgIpc) is 4.11. The van der Waals surface area contributed by atoms with Gasteiger partial charge in [0, 0.05) is 32.4 Å². The number of benzene rings is 2. The van der Waals surface area contributed by atoms with Gasteiger partial charge in [-0.1, -0.05) is 60.7 Å². The Morgan fingerprint density at radius 1 is 0.605 bits per heavy atom. The summed E-state index contributed by atoms with van der Waals surface area (Å²) in [4.78, 5) is 164. The minimum Gasteiger partial charge on any atom is -0.370 e. The van der Waals surface area contributed by atoms with Gasteiger partial charge in [-0.3, -0.25) is 57.7 Å². The second kappa shape index (κ2) is 30.6. The normalized spacial score (nSPS) is 17.1. The Kier molecular flexibility index (Phi) is 24.2. The van der Waals surface area contributed by atoms with Gasteiger partial charge in [0.2, 0.25) is 65.0 Å². The van der Waals surface area contributed by atoms with Crippen molar-refractivity contribution >= 4 is 77.2 Å². The maximum Gasteiger partial charge on any atom is 0.245 e. The summed E-state index contributed by atoms with van der Waals surface area (Å²) in [7, 11) is 0. The number of hydrogen-bond acceptors (Lipinski definition) is 14. The van der Waals surface area contributed by atoms with Crippen LogP contribution in [0.4, 0.5) is 0 Å². The number of nitrogens with two attached hydrogens (primary N) is 5. The first-order valence-electron chi connectivity index (χ1n) is 24.8. The number of primary amides is 3. The van der Waals surface area contributed by atoms with E-state index < -0.39 is 146 Å². The Morgan fingerprint density at radius 2 is 1.11 bits per heavy atom. The molecule has 2 saturated heterocycles. The van der Waals surface area contributed by atoms with E-state index in [-0.39, 0.29) is 44.7 Å². The number of nitrogens with zero attached hydrogens (tertiary/aromatic N) is 2. The molecule has 18 N–H and O–H groups in total. The molecule has 11 amide bonds. The lowest BCUT2D eigenvalue weighted by Gasteiger charge is -2.29.